The number of nitrogens with one attached hydrogen (secondary N) is 1. The number of hydrogen-bond donors (Lipinski definition) is 1. The lowest BCUT2D eigenvalue weighted by atomic mass is 10.2. The Balaban J connectivity index is 1.90. The second kappa shape index (κ2) is 9.06. The topological polar surface area (TPSA) is 54.5 Å². The summed E-state index contributed by atoms with van der Waals surface area (Å²) in [5.74, 6) is 1.31. The predicted molar refractivity (Wildman–Crippen MR) is 99.4 cm³/mol. The van der Waals surface area contributed by atoms with Crippen molar-refractivity contribution in [2.75, 3.05) is 13.7 Å². The van der Waals surface area contributed by atoms with Gasteiger partial charge in [-0.2, -0.15) is 0 Å². The lowest BCUT2D eigenvalue weighted by molar-refractivity contribution is 0.193. The predicted octanol–water partition coefficient (Wildman–Crippen LogP) is 4.02. The van der Waals surface area contributed by atoms with Crippen LogP contribution in [0, 0.1) is 5.92 Å². The van der Waals surface area contributed by atoms with E-state index in [0.717, 1.165) is 17.0 Å². The summed E-state index contributed by atoms with van der Waals surface area (Å²) < 4.78 is 5.73. The van der Waals surface area contributed by atoms with Gasteiger partial charge in [-0.25, -0.2) is 4.79 Å². The molecule has 0 spiro atoms. The SMILES string of the molecule is CC(C)COc1cccc(CNC(=O)N(C)C(C)c2ccccn2)c1. The van der Waals surface area contributed by atoms with Crippen molar-refractivity contribution in [3.8, 4) is 5.75 Å². The molecule has 0 fully saturated rings. The van der Waals surface area contributed by atoms with Crippen LogP contribution in [0.5, 0.6) is 5.75 Å². The maximum Gasteiger partial charge on any atom is 0.317 e. The summed E-state index contributed by atoms with van der Waals surface area (Å²) in [6.45, 7) is 7.32. The Morgan fingerprint density at radius 1 is 1.20 bits per heavy atom. The summed E-state index contributed by atoms with van der Waals surface area (Å²) in [5, 5.41) is 2.95. The number of rotatable bonds is 7. The van der Waals surface area contributed by atoms with Gasteiger partial charge < -0.3 is 15.0 Å². The van der Waals surface area contributed by atoms with Crippen molar-refractivity contribution in [1.29, 1.82) is 0 Å². The molecule has 0 aliphatic heterocycles. The first-order chi connectivity index (χ1) is 12.0. The second-order valence-corrected chi connectivity index (χ2v) is 6.55. The standard InChI is InChI=1S/C20H27N3O2/c1-15(2)14-25-18-9-7-8-17(12-18)13-22-20(24)23(4)16(3)19-10-5-6-11-21-19/h5-12,15-16H,13-14H2,1-4H3,(H,22,24). The highest BCUT2D eigenvalue weighted by atomic mass is 16.5. The van der Waals surface area contributed by atoms with Gasteiger partial charge in [0.25, 0.3) is 0 Å². The number of carbonyl (C=O) groups is 1. The summed E-state index contributed by atoms with van der Waals surface area (Å²) in [4.78, 5) is 18.3. The van der Waals surface area contributed by atoms with E-state index in [0.29, 0.717) is 19.1 Å². The van der Waals surface area contributed by atoms with E-state index in [9.17, 15) is 4.79 Å². The summed E-state index contributed by atoms with van der Waals surface area (Å²) in [7, 11) is 1.77. The number of nitrogens with zero attached hydrogens (tertiary/aromatic N) is 2. The number of urea groups is 1. The molecule has 0 bridgehead atoms. The average molecular weight is 341 g/mol. The van der Waals surface area contributed by atoms with Crippen LogP contribution in [0.3, 0.4) is 0 Å². The van der Waals surface area contributed by atoms with Crippen molar-refractivity contribution in [3.63, 3.8) is 0 Å². The Bertz CT molecular complexity index is 674. The average Bonchev–Trinajstić information content (AvgIpc) is 2.64. The summed E-state index contributed by atoms with van der Waals surface area (Å²) in [6.07, 6.45) is 1.74. The summed E-state index contributed by atoms with van der Waals surface area (Å²) in [5.41, 5.74) is 1.87. The van der Waals surface area contributed by atoms with Gasteiger partial charge in [0, 0.05) is 19.8 Å². The highest BCUT2D eigenvalue weighted by Gasteiger charge is 2.17. The van der Waals surface area contributed by atoms with Gasteiger partial charge in [0.1, 0.15) is 5.75 Å². The van der Waals surface area contributed by atoms with Crippen LogP contribution in [0.2, 0.25) is 0 Å². The zero-order valence-electron chi connectivity index (χ0n) is 15.4. The smallest absolute Gasteiger partial charge is 0.317 e. The maximum absolute atomic E-state index is 12.4. The van der Waals surface area contributed by atoms with Gasteiger partial charge in [0.2, 0.25) is 0 Å². The molecule has 1 aromatic heterocycles. The molecule has 2 rings (SSSR count). The van der Waals surface area contributed by atoms with E-state index in [1.165, 1.54) is 0 Å². The molecule has 2 aromatic rings. The number of amides is 2. The zero-order chi connectivity index (χ0) is 18.2. The van der Waals surface area contributed by atoms with Gasteiger partial charge in [-0.15, -0.1) is 0 Å². The molecule has 0 aliphatic rings. The Hall–Kier alpha value is -2.56. The minimum Gasteiger partial charge on any atom is -0.493 e. The molecule has 5 heteroatoms. The van der Waals surface area contributed by atoms with E-state index in [1.807, 2.05) is 49.4 Å². The van der Waals surface area contributed by atoms with E-state index < -0.39 is 0 Å². The van der Waals surface area contributed by atoms with Crippen molar-refractivity contribution in [1.82, 2.24) is 15.2 Å². The quantitative estimate of drug-likeness (QED) is 0.827. The molecule has 0 saturated heterocycles. The van der Waals surface area contributed by atoms with Crippen LogP contribution in [0.1, 0.15) is 38.1 Å². The van der Waals surface area contributed by atoms with Crippen molar-refractivity contribution in [2.45, 2.75) is 33.4 Å². The van der Waals surface area contributed by atoms with E-state index in [1.54, 1.807) is 18.1 Å². The Morgan fingerprint density at radius 2 is 2.00 bits per heavy atom. The van der Waals surface area contributed by atoms with Gasteiger partial charge in [-0.1, -0.05) is 32.0 Å². The Labute approximate surface area is 150 Å². The van der Waals surface area contributed by atoms with Gasteiger partial charge in [-0.3, -0.25) is 4.98 Å². The maximum atomic E-state index is 12.4. The van der Waals surface area contributed by atoms with Crippen molar-refractivity contribution in [3.05, 3.63) is 59.9 Å². The summed E-state index contributed by atoms with van der Waals surface area (Å²) >= 11 is 0. The minimum absolute atomic E-state index is 0.0955. The highest BCUT2D eigenvalue weighted by molar-refractivity contribution is 5.74. The van der Waals surface area contributed by atoms with Gasteiger partial charge in [0.15, 0.2) is 0 Å². The van der Waals surface area contributed by atoms with Crippen LogP contribution in [0.15, 0.2) is 48.7 Å². The molecule has 1 N–H and O–H groups in total. The lowest BCUT2D eigenvalue weighted by Crippen LogP contribution is -2.38. The van der Waals surface area contributed by atoms with E-state index >= 15 is 0 Å². The van der Waals surface area contributed by atoms with Crippen LogP contribution in [-0.4, -0.2) is 29.6 Å². The first-order valence-electron chi connectivity index (χ1n) is 8.60. The van der Waals surface area contributed by atoms with Gasteiger partial charge in [0.05, 0.1) is 18.3 Å². The van der Waals surface area contributed by atoms with Crippen molar-refractivity contribution < 1.29 is 9.53 Å². The largest absolute Gasteiger partial charge is 0.493 e. The number of benzene rings is 1. The fraction of sp³-hybridized carbons (Fsp3) is 0.400. The van der Waals surface area contributed by atoms with E-state index in [2.05, 4.69) is 24.1 Å². The molecule has 5 nitrogen and oxygen atoms in total. The number of pyridine rings is 1. The molecule has 2 amide bonds. The molecule has 0 radical (unpaired) electrons. The lowest BCUT2D eigenvalue weighted by Gasteiger charge is -2.24. The second-order valence-electron chi connectivity index (χ2n) is 6.55. The number of aromatic nitrogens is 1. The molecule has 134 valence electrons. The van der Waals surface area contributed by atoms with Crippen molar-refractivity contribution >= 4 is 6.03 Å². The van der Waals surface area contributed by atoms with Crippen LogP contribution >= 0.6 is 0 Å². The fourth-order valence-corrected chi connectivity index (χ4v) is 2.31. The summed E-state index contributed by atoms with van der Waals surface area (Å²) in [6, 6.07) is 13.3. The third-order valence-corrected chi connectivity index (χ3v) is 3.94. The minimum atomic E-state index is -0.133. The number of ether oxygens (including phenoxy) is 1. The zero-order valence-corrected chi connectivity index (χ0v) is 15.4. The Kier molecular flexibility index (Phi) is 6.81. The number of carbonyl (C=O) groups excluding carboxylic acids is 1. The molecule has 1 aromatic carbocycles. The molecule has 25 heavy (non-hydrogen) atoms. The molecule has 1 unspecified atom stereocenters. The van der Waals surface area contributed by atoms with Crippen molar-refractivity contribution in [2.24, 2.45) is 5.92 Å². The third-order valence-electron chi connectivity index (χ3n) is 3.94. The molecule has 0 saturated carbocycles. The van der Waals surface area contributed by atoms with Crippen LogP contribution in [0.25, 0.3) is 0 Å². The highest BCUT2D eigenvalue weighted by Crippen LogP contribution is 2.17. The molecule has 0 aliphatic carbocycles. The third kappa shape index (κ3) is 5.78. The van der Waals surface area contributed by atoms with E-state index in [-0.39, 0.29) is 12.1 Å². The fourth-order valence-electron chi connectivity index (χ4n) is 2.31. The monoisotopic (exact) mass is 341 g/mol. The first-order valence-corrected chi connectivity index (χ1v) is 8.60. The normalized spacial score (nSPS) is 11.9. The first kappa shape index (κ1) is 18.8. The Morgan fingerprint density at radius 3 is 2.68 bits per heavy atom. The number of hydrogen-bond acceptors (Lipinski definition) is 3. The molecular formula is C20H27N3O2. The van der Waals surface area contributed by atoms with E-state index in [4.69, 9.17) is 4.74 Å². The molecule has 1 atom stereocenters. The van der Waals surface area contributed by atoms with Gasteiger partial charge in [-0.05, 0) is 42.7 Å². The van der Waals surface area contributed by atoms with Gasteiger partial charge >= 0.3 is 6.03 Å². The van der Waals surface area contributed by atoms with Crippen LogP contribution < -0.4 is 10.1 Å². The van der Waals surface area contributed by atoms with Crippen LogP contribution in [0.4, 0.5) is 4.79 Å². The molecule has 1 heterocycles. The van der Waals surface area contributed by atoms with Crippen LogP contribution in [-0.2, 0) is 6.54 Å². The molecular weight excluding hydrogens is 314 g/mol.